The van der Waals surface area contributed by atoms with Gasteiger partial charge in [0.2, 0.25) is 0 Å². The fraction of sp³-hybridized carbons (Fsp3) is 0.667. The van der Waals surface area contributed by atoms with Crippen molar-refractivity contribution in [2.45, 2.75) is 19.3 Å². The summed E-state index contributed by atoms with van der Waals surface area (Å²) >= 11 is 0. The number of nitrogens with zero attached hydrogens (tertiary/aromatic N) is 2. The van der Waals surface area contributed by atoms with Crippen LogP contribution in [0.15, 0.2) is 12.3 Å². The number of nitrogens with two attached hydrogens (primary N) is 2. The molecule has 0 aromatic carbocycles. The van der Waals surface area contributed by atoms with Crippen molar-refractivity contribution in [3.63, 3.8) is 0 Å². The Bertz CT molecular complexity index is 446. The number of pyridine rings is 1. The van der Waals surface area contributed by atoms with E-state index in [0.29, 0.717) is 30.3 Å². The Morgan fingerprint density at radius 1 is 1.24 bits per heavy atom. The molecule has 0 unspecified atom stereocenters. The molecule has 6 heteroatoms. The van der Waals surface area contributed by atoms with Crippen molar-refractivity contribution in [1.29, 1.82) is 0 Å². The van der Waals surface area contributed by atoms with Gasteiger partial charge in [-0.05, 0) is 25.3 Å². The minimum absolute atomic E-state index is 0.571. The molecule has 1 saturated heterocycles. The molecule has 0 atom stereocenters. The molecule has 118 valence electrons. The third kappa shape index (κ3) is 5.06. The fourth-order valence-corrected chi connectivity index (χ4v) is 2.77. The third-order valence-electron chi connectivity index (χ3n) is 4.15. The predicted molar refractivity (Wildman–Crippen MR) is 87.0 cm³/mol. The van der Waals surface area contributed by atoms with E-state index >= 15 is 0 Å². The van der Waals surface area contributed by atoms with Gasteiger partial charge < -0.3 is 26.0 Å². The number of rotatable bonds is 7. The van der Waals surface area contributed by atoms with Crippen LogP contribution in [-0.4, -0.2) is 55.9 Å². The van der Waals surface area contributed by atoms with E-state index in [2.05, 4.69) is 17.3 Å². The molecule has 1 aromatic rings. The van der Waals surface area contributed by atoms with Crippen LogP contribution in [0.1, 0.15) is 19.3 Å². The lowest BCUT2D eigenvalue weighted by Gasteiger charge is -2.37. The Balaban J connectivity index is 1.59. The molecule has 5 N–H and O–H groups in total. The summed E-state index contributed by atoms with van der Waals surface area (Å²) in [4.78, 5) is 4.16. The zero-order chi connectivity index (χ0) is 15.1. The van der Waals surface area contributed by atoms with Crippen molar-refractivity contribution in [3.05, 3.63) is 12.3 Å². The summed E-state index contributed by atoms with van der Waals surface area (Å²) in [5.74, 6) is 0.669. The number of ether oxygens (including phenoxy) is 1. The monoisotopic (exact) mass is 294 g/mol. The summed E-state index contributed by atoms with van der Waals surface area (Å²) in [5.41, 5.74) is 12.6. The van der Waals surface area contributed by atoms with Crippen LogP contribution in [0.25, 0.3) is 0 Å². The minimum Gasteiger partial charge on any atom is -0.397 e. The van der Waals surface area contributed by atoms with Crippen LogP contribution in [0.5, 0.6) is 0 Å². The van der Waals surface area contributed by atoms with E-state index in [4.69, 9.17) is 16.2 Å². The maximum absolute atomic E-state index is 5.83. The van der Waals surface area contributed by atoms with Gasteiger partial charge in [-0.1, -0.05) is 0 Å². The Morgan fingerprint density at radius 3 is 2.71 bits per heavy atom. The van der Waals surface area contributed by atoms with Gasteiger partial charge in [0.15, 0.2) is 0 Å². The summed E-state index contributed by atoms with van der Waals surface area (Å²) in [7, 11) is 2.33. The average Bonchev–Trinajstić information content (AvgIpc) is 2.45. The lowest BCUT2D eigenvalue weighted by Crippen LogP contribution is -2.49. The van der Waals surface area contributed by atoms with Crippen LogP contribution in [0.3, 0.4) is 0 Å². The van der Waals surface area contributed by atoms with Gasteiger partial charge in [-0.25, -0.2) is 4.98 Å². The molecule has 0 amide bonds. The second kappa shape index (κ2) is 7.47. The molecule has 2 heterocycles. The number of aromatic nitrogens is 1. The molecule has 1 aliphatic heterocycles. The fourth-order valence-electron chi connectivity index (χ4n) is 2.77. The molecule has 1 aromatic heterocycles. The summed E-state index contributed by atoms with van der Waals surface area (Å²) in [5, 5.41) is 3.17. The van der Waals surface area contributed by atoms with Crippen LogP contribution < -0.4 is 16.8 Å². The number of likely N-dealkylation sites (N-methyl/N-ethyl adjacent to an activating group) is 1. The summed E-state index contributed by atoms with van der Waals surface area (Å²) in [6.45, 7) is 5.84. The van der Waals surface area contributed by atoms with Gasteiger partial charge in [0.05, 0.1) is 50.9 Å². The molecule has 0 aliphatic carbocycles. The Kier molecular flexibility index (Phi) is 5.64. The van der Waals surface area contributed by atoms with Crippen LogP contribution in [0.4, 0.5) is 17.2 Å². The predicted octanol–water partition coefficient (Wildman–Crippen LogP) is 1.31. The van der Waals surface area contributed by atoms with Crippen LogP contribution in [0.2, 0.25) is 0 Å². The molecule has 0 saturated carbocycles. The molecular formula is C15H28N5O+. The SMILES string of the molecule is C[N+]1(CCOCCNc2ncc(N)cc2N)CCCCC1. The Hall–Kier alpha value is -1.53. The van der Waals surface area contributed by atoms with Gasteiger partial charge in [-0.15, -0.1) is 0 Å². The molecule has 21 heavy (non-hydrogen) atoms. The largest absolute Gasteiger partial charge is 0.397 e. The zero-order valence-electron chi connectivity index (χ0n) is 13.0. The van der Waals surface area contributed by atoms with E-state index in [1.807, 2.05) is 0 Å². The normalized spacial score (nSPS) is 17.6. The van der Waals surface area contributed by atoms with E-state index in [0.717, 1.165) is 17.6 Å². The molecule has 0 bridgehead atoms. The number of likely N-dealkylation sites (tertiary alicyclic amines) is 1. The number of quaternary nitrogens is 1. The molecule has 0 radical (unpaired) electrons. The number of hydrogen-bond acceptors (Lipinski definition) is 5. The van der Waals surface area contributed by atoms with Gasteiger partial charge in [0, 0.05) is 6.54 Å². The molecule has 1 fully saturated rings. The highest BCUT2D eigenvalue weighted by Crippen LogP contribution is 2.17. The first-order valence-corrected chi connectivity index (χ1v) is 7.75. The second-order valence-electron chi connectivity index (χ2n) is 6.10. The Morgan fingerprint density at radius 2 is 2.00 bits per heavy atom. The van der Waals surface area contributed by atoms with Crippen molar-refractivity contribution < 1.29 is 9.22 Å². The molecule has 0 spiro atoms. The average molecular weight is 294 g/mol. The standard InChI is InChI=1S/C15H28N5O/c1-20(6-3-2-4-7-20)8-10-21-9-5-18-15-14(17)11-13(16)12-19-15/h11-12H,2-10,16-17H2,1H3,(H,18,19)/q+1. The van der Waals surface area contributed by atoms with Crippen LogP contribution in [0, 0.1) is 0 Å². The molecular weight excluding hydrogens is 266 g/mol. The summed E-state index contributed by atoms with van der Waals surface area (Å²) in [6, 6.07) is 1.71. The van der Waals surface area contributed by atoms with Crippen LogP contribution in [-0.2, 0) is 4.74 Å². The summed E-state index contributed by atoms with van der Waals surface area (Å²) in [6.07, 6.45) is 5.68. The molecule has 1 aliphatic rings. The first-order chi connectivity index (χ1) is 10.1. The van der Waals surface area contributed by atoms with Crippen LogP contribution >= 0.6 is 0 Å². The number of anilines is 3. The lowest BCUT2D eigenvalue weighted by atomic mass is 10.1. The van der Waals surface area contributed by atoms with Crippen molar-refractivity contribution in [1.82, 2.24) is 4.98 Å². The van der Waals surface area contributed by atoms with Gasteiger partial charge in [0.1, 0.15) is 12.4 Å². The molecule has 2 rings (SSSR count). The van der Waals surface area contributed by atoms with E-state index in [-0.39, 0.29) is 0 Å². The first-order valence-electron chi connectivity index (χ1n) is 7.75. The minimum atomic E-state index is 0.571. The number of hydrogen-bond donors (Lipinski definition) is 3. The van der Waals surface area contributed by atoms with Crippen molar-refractivity contribution >= 4 is 17.2 Å². The van der Waals surface area contributed by atoms with Crippen molar-refractivity contribution in [2.75, 3.05) is 63.2 Å². The third-order valence-corrected chi connectivity index (χ3v) is 4.15. The van der Waals surface area contributed by atoms with Gasteiger partial charge >= 0.3 is 0 Å². The quantitative estimate of drug-likeness (QED) is 0.521. The second-order valence-corrected chi connectivity index (χ2v) is 6.10. The highest BCUT2D eigenvalue weighted by Gasteiger charge is 2.23. The molecule has 6 nitrogen and oxygen atoms in total. The lowest BCUT2D eigenvalue weighted by molar-refractivity contribution is -0.914. The highest BCUT2D eigenvalue weighted by atomic mass is 16.5. The zero-order valence-corrected chi connectivity index (χ0v) is 13.0. The van der Waals surface area contributed by atoms with E-state index in [1.165, 1.54) is 32.4 Å². The first kappa shape index (κ1) is 15.9. The smallest absolute Gasteiger partial charge is 0.149 e. The Labute approximate surface area is 127 Å². The van der Waals surface area contributed by atoms with Gasteiger partial charge in [-0.3, -0.25) is 0 Å². The van der Waals surface area contributed by atoms with Gasteiger partial charge in [-0.2, -0.15) is 0 Å². The maximum Gasteiger partial charge on any atom is 0.149 e. The van der Waals surface area contributed by atoms with E-state index in [1.54, 1.807) is 12.3 Å². The maximum atomic E-state index is 5.83. The number of nitrogen functional groups attached to an aromatic ring is 2. The van der Waals surface area contributed by atoms with Gasteiger partial charge in [0.25, 0.3) is 0 Å². The highest BCUT2D eigenvalue weighted by molar-refractivity contribution is 5.65. The van der Waals surface area contributed by atoms with Crippen molar-refractivity contribution in [2.24, 2.45) is 0 Å². The topological polar surface area (TPSA) is 86.2 Å². The van der Waals surface area contributed by atoms with E-state index in [9.17, 15) is 0 Å². The number of nitrogens with one attached hydrogen (secondary N) is 1. The van der Waals surface area contributed by atoms with Crippen molar-refractivity contribution in [3.8, 4) is 0 Å². The summed E-state index contributed by atoms with van der Waals surface area (Å²) < 4.78 is 6.87. The van der Waals surface area contributed by atoms with E-state index < -0.39 is 0 Å². The number of piperidine rings is 1.